The molecule has 1 N–H and O–H groups in total. The van der Waals surface area contributed by atoms with Gasteiger partial charge in [-0.1, -0.05) is 6.92 Å². The summed E-state index contributed by atoms with van der Waals surface area (Å²) in [5.74, 6) is 1.17. The van der Waals surface area contributed by atoms with Gasteiger partial charge in [0.05, 0.1) is 0 Å². The summed E-state index contributed by atoms with van der Waals surface area (Å²) in [5.41, 5.74) is 0. The van der Waals surface area contributed by atoms with Crippen molar-refractivity contribution in [2.24, 2.45) is 0 Å². The van der Waals surface area contributed by atoms with Gasteiger partial charge in [0.25, 0.3) is 0 Å². The molecule has 0 bridgehead atoms. The molecule has 0 aromatic carbocycles. The predicted octanol–water partition coefficient (Wildman–Crippen LogP) is 0.811. The maximum absolute atomic E-state index is 10.8. The lowest BCUT2D eigenvalue weighted by molar-refractivity contribution is 0.282. The van der Waals surface area contributed by atoms with Crippen molar-refractivity contribution in [2.75, 3.05) is 18.1 Å². The molecule has 0 aliphatic carbocycles. The molecule has 0 aromatic heterocycles. The highest BCUT2D eigenvalue weighted by Gasteiger charge is 2.10. The Morgan fingerprint density at radius 2 is 2.27 bits per heavy atom. The van der Waals surface area contributed by atoms with Crippen molar-refractivity contribution < 1.29 is 18.2 Å². The molecular weight excluding hydrogens is 187 g/mol. The van der Waals surface area contributed by atoms with Gasteiger partial charge in [0.15, 0.2) is 0 Å². The molecule has 0 spiro atoms. The molecular formula is C5H12O4PS+. The minimum absolute atomic E-state index is 0.206. The molecule has 0 saturated carbocycles. The zero-order chi connectivity index (χ0) is 8.69. The van der Waals surface area contributed by atoms with Crippen LogP contribution in [0.3, 0.4) is 0 Å². The summed E-state index contributed by atoms with van der Waals surface area (Å²) >= 11 is 0. The fourth-order valence-electron chi connectivity index (χ4n) is 0.507. The summed E-state index contributed by atoms with van der Waals surface area (Å²) in [6.45, 7) is 2.04. The number of hydrogen-bond donors (Lipinski definition) is 1. The van der Waals surface area contributed by atoms with Gasteiger partial charge in [-0.15, -0.1) is 9.42 Å². The Bertz CT molecular complexity index is 149. The van der Waals surface area contributed by atoms with E-state index in [2.05, 4.69) is 4.52 Å². The molecule has 0 aromatic rings. The van der Waals surface area contributed by atoms with E-state index in [9.17, 15) is 8.77 Å². The van der Waals surface area contributed by atoms with Gasteiger partial charge in [-0.05, 0) is 6.42 Å². The lowest BCUT2D eigenvalue weighted by Gasteiger charge is -1.93. The molecule has 6 heteroatoms. The zero-order valence-corrected chi connectivity index (χ0v) is 8.07. The van der Waals surface area contributed by atoms with Gasteiger partial charge in [-0.3, -0.25) is 4.21 Å². The molecule has 2 atom stereocenters. The summed E-state index contributed by atoms with van der Waals surface area (Å²) in [6, 6.07) is 0. The van der Waals surface area contributed by atoms with Crippen LogP contribution in [0, 0.1) is 0 Å². The van der Waals surface area contributed by atoms with Crippen LogP contribution < -0.4 is 0 Å². The van der Waals surface area contributed by atoms with Crippen LogP contribution in [0.15, 0.2) is 0 Å². The Labute approximate surface area is 69.4 Å². The second-order valence-electron chi connectivity index (χ2n) is 1.86. The van der Waals surface area contributed by atoms with E-state index in [-0.39, 0.29) is 6.61 Å². The fraction of sp³-hybridized carbons (Fsp3) is 1.00. The third-order valence-electron chi connectivity index (χ3n) is 1.04. The van der Waals surface area contributed by atoms with E-state index in [1.807, 2.05) is 6.92 Å². The first-order valence-electron chi connectivity index (χ1n) is 3.30. The van der Waals surface area contributed by atoms with E-state index in [1.165, 1.54) is 0 Å². The fourth-order valence-corrected chi connectivity index (χ4v) is 1.52. The Hall–Kier alpha value is 0.170. The van der Waals surface area contributed by atoms with Gasteiger partial charge in [0.2, 0.25) is 0 Å². The van der Waals surface area contributed by atoms with E-state index >= 15 is 0 Å². The first-order valence-corrected chi connectivity index (χ1v) is 5.92. The largest absolute Gasteiger partial charge is 0.694 e. The Kier molecular flexibility index (Phi) is 6.96. The minimum atomic E-state index is -2.48. The molecule has 2 unspecified atom stereocenters. The first-order chi connectivity index (χ1) is 5.16. The molecule has 11 heavy (non-hydrogen) atoms. The monoisotopic (exact) mass is 199 g/mol. The summed E-state index contributed by atoms with van der Waals surface area (Å²) in [5, 5.41) is 0. The summed E-state index contributed by atoms with van der Waals surface area (Å²) in [7, 11) is -3.28. The van der Waals surface area contributed by atoms with Crippen LogP contribution in [0.2, 0.25) is 0 Å². The highest BCUT2D eigenvalue weighted by molar-refractivity contribution is 7.84. The highest BCUT2D eigenvalue weighted by atomic mass is 32.2. The van der Waals surface area contributed by atoms with Gasteiger partial charge in [0.1, 0.15) is 6.61 Å². The molecule has 4 nitrogen and oxygen atoms in total. The average molecular weight is 199 g/mol. The van der Waals surface area contributed by atoms with E-state index in [0.29, 0.717) is 17.9 Å². The molecule has 0 aliphatic heterocycles. The van der Waals surface area contributed by atoms with E-state index in [4.69, 9.17) is 4.89 Å². The van der Waals surface area contributed by atoms with Crippen LogP contribution in [0.5, 0.6) is 0 Å². The SMILES string of the molecule is CCS(=O)CCCO[P+](=O)O. The maximum atomic E-state index is 10.8. The van der Waals surface area contributed by atoms with E-state index < -0.39 is 19.1 Å². The smallest absolute Gasteiger partial charge is 0.260 e. The quantitative estimate of drug-likeness (QED) is 0.508. The topological polar surface area (TPSA) is 63.6 Å². The highest BCUT2D eigenvalue weighted by Crippen LogP contribution is 2.13. The molecule has 0 amide bonds. The van der Waals surface area contributed by atoms with Crippen LogP contribution in [0.1, 0.15) is 13.3 Å². The molecule has 0 aliphatic rings. The predicted molar refractivity (Wildman–Crippen MR) is 43.9 cm³/mol. The molecule has 0 fully saturated rings. The van der Waals surface area contributed by atoms with Gasteiger partial charge < -0.3 is 0 Å². The summed E-state index contributed by atoms with van der Waals surface area (Å²) < 4.78 is 25.1. The van der Waals surface area contributed by atoms with Crippen molar-refractivity contribution in [1.82, 2.24) is 0 Å². The maximum Gasteiger partial charge on any atom is 0.694 e. The average Bonchev–Trinajstić information content (AvgIpc) is 1.97. The van der Waals surface area contributed by atoms with Crippen molar-refractivity contribution in [2.45, 2.75) is 13.3 Å². The molecule has 66 valence electrons. The molecule has 0 heterocycles. The third kappa shape index (κ3) is 8.07. The normalized spacial score (nSPS) is 14.5. The van der Waals surface area contributed by atoms with Crippen LogP contribution >= 0.6 is 8.25 Å². The Balaban J connectivity index is 3.14. The standard InChI is InChI=1S/C5H11O4PS/c1-2-11(8)5-3-4-9-10(6)7/h2-5H2,1H3/p+1. The van der Waals surface area contributed by atoms with Crippen LogP contribution in [0.25, 0.3) is 0 Å². The zero-order valence-electron chi connectivity index (χ0n) is 6.36. The van der Waals surface area contributed by atoms with E-state index in [0.717, 1.165) is 0 Å². The second-order valence-corrected chi connectivity index (χ2v) is 4.46. The van der Waals surface area contributed by atoms with Gasteiger partial charge in [0, 0.05) is 26.9 Å². The Morgan fingerprint density at radius 1 is 1.64 bits per heavy atom. The van der Waals surface area contributed by atoms with Crippen molar-refractivity contribution in [3.63, 3.8) is 0 Å². The summed E-state index contributed by atoms with van der Waals surface area (Å²) in [6.07, 6.45) is 0.572. The number of rotatable bonds is 6. The van der Waals surface area contributed by atoms with Crippen molar-refractivity contribution >= 4 is 19.1 Å². The Morgan fingerprint density at radius 3 is 2.73 bits per heavy atom. The van der Waals surface area contributed by atoms with Crippen molar-refractivity contribution in [1.29, 1.82) is 0 Å². The van der Waals surface area contributed by atoms with Gasteiger partial charge in [-0.25, -0.2) is 0 Å². The summed E-state index contributed by atoms with van der Waals surface area (Å²) in [4.78, 5) is 8.19. The number of hydrogen-bond acceptors (Lipinski definition) is 3. The lowest BCUT2D eigenvalue weighted by atomic mass is 10.5. The lowest BCUT2D eigenvalue weighted by Crippen LogP contribution is -2.01. The van der Waals surface area contributed by atoms with Crippen molar-refractivity contribution in [3.8, 4) is 0 Å². The van der Waals surface area contributed by atoms with Crippen LogP contribution in [-0.2, 0) is 19.9 Å². The van der Waals surface area contributed by atoms with Crippen LogP contribution in [-0.4, -0.2) is 27.2 Å². The molecule has 0 rings (SSSR count). The van der Waals surface area contributed by atoms with Crippen LogP contribution in [0.4, 0.5) is 0 Å². The third-order valence-corrected chi connectivity index (χ3v) is 2.83. The first kappa shape index (κ1) is 11.2. The minimum Gasteiger partial charge on any atom is -0.260 e. The molecule has 0 radical (unpaired) electrons. The van der Waals surface area contributed by atoms with Gasteiger partial charge in [-0.2, -0.15) is 0 Å². The van der Waals surface area contributed by atoms with Gasteiger partial charge >= 0.3 is 8.25 Å². The molecule has 0 saturated heterocycles. The van der Waals surface area contributed by atoms with Crippen molar-refractivity contribution in [3.05, 3.63) is 0 Å². The second kappa shape index (κ2) is 6.85. The van der Waals surface area contributed by atoms with E-state index in [1.54, 1.807) is 0 Å².